The third-order valence-electron chi connectivity index (χ3n) is 3.58. The van der Waals surface area contributed by atoms with E-state index in [1.807, 2.05) is 7.05 Å². The van der Waals surface area contributed by atoms with Gasteiger partial charge in [0.2, 0.25) is 0 Å². The summed E-state index contributed by atoms with van der Waals surface area (Å²) in [5, 5.41) is 3.34. The van der Waals surface area contributed by atoms with Crippen LogP contribution in [0.3, 0.4) is 0 Å². The number of rotatable bonds is 5. The highest BCUT2D eigenvalue weighted by molar-refractivity contribution is 6.30. The molecule has 1 N–H and O–H groups in total. The van der Waals surface area contributed by atoms with Gasteiger partial charge in [0.05, 0.1) is 5.02 Å². The lowest BCUT2D eigenvalue weighted by atomic mass is 9.97. The van der Waals surface area contributed by atoms with Gasteiger partial charge in [-0.1, -0.05) is 54.9 Å². The van der Waals surface area contributed by atoms with Crippen LogP contribution in [0, 0.1) is 5.82 Å². The number of hydrogen-bond acceptors (Lipinski definition) is 1. The van der Waals surface area contributed by atoms with Crippen LogP contribution in [0.1, 0.15) is 29.7 Å². The van der Waals surface area contributed by atoms with Gasteiger partial charge in [-0.15, -0.1) is 0 Å². The lowest BCUT2D eigenvalue weighted by molar-refractivity contribution is 0.534. The van der Waals surface area contributed by atoms with Gasteiger partial charge in [-0.05, 0) is 37.1 Å². The van der Waals surface area contributed by atoms with Crippen molar-refractivity contribution in [1.82, 2.24) is 5.32 Å². The van der Waals surface area contributed by atoms with Crippen molar-refractivity contribution < 1.29 is 4.39 Å². The fourth-order valence-electron chi connectivity index (χ4n) is 2.30. The second-order valence-electron chi connectivity index (χ2n) is 4.86. The topological polar surface area (TPSA) is 12.0 Å². The molecule has 0 saturated heterocycles. The molecule has 106 valence electrons. The third kappa shape index (κ3) is 3.38. The quantitative estimate of drug-likeness (QED) is 0.852. The molecule has 0 radical (unpaired) electrons. The number of hydrogen-bond donors (Lipinski definition) is 1. The highest BCUT2D eigenvalue weighted by Gasteiger charge is 2.16. The molecule has 0 amide bonds. The van der Waals surface area contributed by atoms with Crippen LogP contribution in [0.4, 0.5) is 4.39 Å². The van der Waals surface area contributed by atoms with E-state index in [-0.39, 0.29) is 16.9 Å². The van der Waals surface area contributed by atoms with E-state index in [1.165, 1.54) is 11.1 Å². The molecule has 0 saturated carbocycles. The van der Waals surface area contributed by atoms with Crippen molar-refractivity contribution in [2.24, 2.45) is 0 Å². The zero-order valence-electron chi connectivity index (χ0n) is 11.8. The molecule has 0 aliphatic heterocycles. The summed E-state index contributed by atoms with van der Waals surface area (Å²) in [6, 6.07) is 13.5. The summed E-state index contributed by atoms with van der Waals surface area (Å²) >= 11 is 5.85. The first-order chi connectivity index (χ1) is 9.65. The summed E-state index contributed by atoms with van der Waals surface area (Å²) < 4.78 is 14.1. The number of likely N-dealkylation sites (N-methyl/N-ethyl adjacent to an activating group) is 1. The van der Waals surface area contributed by atoms with Gasteiger partial charge in [-0.25, -0.2) is 4.39 Å². The van der Waals surface area contributed by atoms with Crippen molar-refractivity contribution in [3.63, 3.8) is 0 Å². The zero-order valence-corrected chi connectivity index (χ0v) is 12.5. The largest absolute Gasteiger partial charge is 0.313 e. The molecule has 0 aromatic heterocycles. The molecule has 0 bridgehead atoms. The Morgan fingerprint density at radius 1 is 1.10 bits per heavy atom. The average Bonchev–Trinajstić information content (AvgIpc) is 2.48. The molecule has 0 aliphatic rings. The fraction of sp³-hybridized carbons (Fsp3) is 0.294. The van der Waals surface area contributed by atoms with Crippen molar-refractivity contribution in [3.05, 3.63) is 70.0 Å². The molecular formula is C17H19ClFN. The highest BCUT2D eigenvalue weighted by atomic mass is 35.5. The number of nitrogens with one attached hydrogen (secondary N) is 1. The van der Waals surface area contributed by atoms with E-state index in [0.717, 1.165) is 12.8 Å². The van der Waals surface area contributed by atoms with Gasteiger partial charge in [-0.3, -0.25) is 0 Å². The Morgan fingerprint density at radius 2 is 1.75 bits per heavy atom. The van der Waals surface area contributed by atoms with Crippen LogP contribution in [0.25, 0.3) is 0 Å². The van der Waals surface area contributed by atoms with Crippen molar-refractivity contribution >= 4 is 11.6 Å². The molecule has 20 heavy (non-hydrogen) atoms. The number of aryl methyl sites for hydroxylation is 1. The zero-order chi connectivity index (χ0) is 14.5. The predicted octanol–water partition coefficient (Wildman–Crippen LogP) is 4.54. The first kappa shape index (κ1) is 15.0. The minimum Gasteiger partial charge on any atom is -0.313 e. The smallest absolute Gasteiger partial charge is 0.146 e. The maximum atomic E-state index is 14.1. The van der Waals surface area contributed by atoms with Crippen molar-refractivity contribution in [2.45, 2.75) is 25.8 Å². The molecule has 1 unspecified atom stereocenters. The standard InChI is InChI=1S/C17H19ClFN/c1-3-12-7-9-13(10-8-12)11-16(20-2)14-5-4-6-15(18)17(14)19/h4-10,16,20H,3,11H2,1-2H3. The van der Waals surface area contributed by atoms with E-state index in [9.17, 15) is 4.39 Å². The van der Waals surface area contributed by atoms with Gasteiger partial charge in [0.25, 0.3) is 0 Å². The Kier molecular flexibility index (Phi) is 5.16. The second-order valence-corrected chi connectivity index (χ2v) is 5.27. The van der Waals surface area contributed by atoms with Gasteiger partial charge >= 0.3 is 0 Å². The van der Waals surface area contributed by atoms with E-state index in [0.29, 0.717) is 5.56 Å². The summed E-state index contributed by atoms with van der Waals surface area (Å²) in [4.78, 5) is 0. The Bertz CT molecular complexity index is 566. The van der Waals surface area contributed by atoms with Crippen LogP contribution in [-0.4, -0.2) is 7.05 Å². The van der Waals surface area contributed by atoms with Gasteiger partial charge in [0.15, 0.2) is 0 Å². The van der Waals surface area contributed by atoms with Gasteiger partial charge in [0, 0.05) is 11.6 Å². The second kappa shape index (κ2) is 6.87. The molecule has 2 rings (SSSR count). The Morgan fingerprint density at radius 3 is 2.35 bits per heavy atom. The number of halogens is 2. The van der Waals surface area contributed by atoms with Gasteiger partial charge < -0.3 is 5.32 Å². The van der Waals surface area contributed by atoms with Crippen molar-refractivity contribution in [1.29, 1.82) is 0 Å². The molecule has 0 heterocycles. The van der Waals surface area contributed by atoms with E-state index in [1.54, 1.807) is 18.2 Å². The van der Waals surface area contributed by atoms with E-state index in [2.05, 4.69) is 36.5 Å². The summed E-state index contributed by atoms with van der Waals surface area (Å²) in [7, 11) is 1.84. The van der Waals surface area contributed by atoms with Crippen LogP contribution in [-0.2, 0) is 12.8 Å². The summed E-state index contributed by atoms with van der Waals surface area (Å²) in [5.74, 6) is -0.335. The lowest BCUT2D eigenvalue weighted by Gasteiger charge is -2.18. The summed E-state index contributed by atoms with van der Waals surface area (Å²) in [6.07, 6.45) is 1.76. The minimum absolute atomic E-state index is 0.0822. The number of benzene rings is 2. The maximum absolute atomic E-state index is 14.1. The third-order valence-corrected chi connectivity index (χ3v) is 3.87. The SMILES string of the molecule is CCc1ccc(CC(NC)c2cccc(Cl)c2F)cc1. The van der Waals surface area contributed by atoms with Crippen LogP contribution in [0.2, 0.25) is 5.02 Å². The van der Waals surface area contributed by atoms with E-state index < -0.39 is 0 Å². The van der Waals surface area contributed by atoms with Crippen LogP contribution in [0.15, 0.2) is 42.5 Å². The predicted molar refractivity (Wildman–Crippen MR) is 82.7 cm³/mol. The van der Waals surface area contributed by atoms with Crippen LogP contribution < -0.4 is 5.32 Å². The monoisotopic (exact) mass is 291 g/mol. The molecule has 3 heteroatoms. The Balaban J connectivity index is 2.21. The van der Waals surface area contributed by atoms with E-state index >= 15 is 0 Å². The minimum atomic E-state index is -0.335. The highest BCUT2D eigenvalue weighted by Crippen LogP contribution is 2.25. The molecule has 0 aliphatic carbocycles. The normalized spacial score (nSPS) is 12.4. The summed E-state index contributed by atoms with van der Waals surface area (Å²) in [6.45, 7) is 2.13. The van der Waals surface area contributed by atoms with Gasteiger partial charge in [-0.2, -0.15) is 0 Å². The maximum Gasteiger partial charge on any atom is 0.146 e. The average molecular weight is 292 g/mol. The van der Waals surface area contributed by atoms with E-state index in [4.69, 9.17) is 11.6 Å². The van der Waals surface area contributed by atoms with Crippen LogP contribution >= 0.6 is 11.6 Å². The Hall–Kier alpha value is -1.38. The summed E-state index contributed by atoms with van der Waals surface area (Å²) in [5.41, 5.74) is 3.10. The molecular weight excluding hydrogens is 273 g/mol. The molecule has 1 atom stereocenters. The van der Waals surface area contributed by atoms with Crippen LogP contribution in [0.5, 0.6) is 0 Å². The molecule has 2 aromatic rings. The fourth-order valence-corrected chi connectivity index (χ4v) is 2.49. The molecule has 1 nitrogen and oxygen atoms in total. The first-order valence-corrected chi connectivity index (χ1v) is 7.22. The lowest BCUT2D eigenvalue weighted by Crippen LogP contribution is -2.20. The van der Waals surface area contributed by atoms with Crippen molar-refractivity contribution in [2.75, 3.05) is 7.05 Å². The van der Waals surface area contributed by atoms with Gasteiger partial charge in [0.1, 0.15) is 5.82 Å². The first-order valence-electron chi connectivity index (χ1n) is 6.84. The molecule has 0 fully saturated rings. The van der Waals surface area contributed by atoms with Crippen molar-refractivity contribution in [3.8, 4) is 0 Å². The molecule has 0 spiro atoms. The Labute approximate surface area is 124 Å². The molecule has 2 aromatic carbocycles.